The maximum atomic E-state index is 13.3. The third kappa shape index (κ3) is 3.24. The van der Waals surface area contributed by atoms with Crippen molar-refractivity contribution >= 4 is 12.0 Å². The highest BCUT2D eigenvalue weighted by molar-refractivity contribution is 5.97. The predicted molar refractivity (Wildman–Crippen MR) is 98.5 cm³/mol. The van der Waals surface area contributed by atoms with Crippen LogP contribution in [0.1, 0.15) is 49.3 Å². The summed E-state index contributed by atoms with van der Waals surface area (Å²) < 4.78 is 5.57. The van der Waals surface area contributed by atoms with Crippen LogP contribution >= 0.6 is 0 Å². The number of ether oxygens (including phenoxy) is 1. The lowest BCUT2D eigenvalue weighted by Gasteiger charge is -2.25. The number of amides is 2. The molecule has 0 spiro atoms. The highest BCUT2D eigenvalue weighted by Crippen LogP contribution is 2.41. The lowest BCUT2D eigenvalue weighted by Crippen LogP contribution is -2.41. The summed E-state index contributed by atoms with van der Waals surface area (Å²) >= 11 is 0. The van der Waals surface area contributed by atoms with E-state index in [9.17, 15) is 9.59 Å². The number of imide groups is 1. The van der Waals surface area contributed by atoms with Crippen LogP contribution in [0.2, 0.25) is 0 Å². The number of rotatable bonds is 5. The van der Waals surface area contributed by atoms with Gasteiger partial charge in [0.05, 0.1) is 12.0 Å². The third-order valence-corrected chi connectivity index (χ3v) is 5.40. The number of hydrogen-bond donors (Lipinski definition) is 0. The van der Waals surface area contributed by atoms with Gasteiger partial charge in [-0.15, -0.1) is 0 Å². The van der Waals surface area contributed by atoms with Gasteiger partial charge in [0.25, 0.3) is 0 Å². The second kappa shape index (κ2) is 6.94. The number of cyclic esters (lactones) is 1. The average Bonchev–Trinajstić information content (AvgIpc) is 3.44. The molecule has 1 heterocycles. The largest absolute Gasteiger partial charge is 0.439 e. The van der Waals surface area contributed by atoms with Gasteiger partial charge in [-0.05, 0) is 30.4 Å². The zero-order valence-corrected chi connectivity index (χ0v) is 14.9. The number of benzene rings is 2. The Labute approximate surface area is 153 Å². The standard InChI is InChI=1S/C22H23NO3/c1-15-20(18-10-6-3-7-11-18)26-22(25)23(15)21(24)19(14-16-12-13-16)17-8-4-2-5-9-17/h2-11,15-16,19-20H,12-14H2,1H3. The Morgan fingerprint density at radius 2 is 1.69 bits per heavy atom. The number of nitrogens with zero attached hydrogens (tertiary/aromatic N) is 1. The zero-order chi connectivity index (χ0) is 18.1. The maximum absolute atomic E-state index is 13.3. The first-order valence-corrected chi connectivity index (χ1v) is 9.28. The molecule has 26 heavy (non-hydrogen) atoms. The molecule has 4 heteroatoms. The first kappa shape index (κ1) is 16.8. The van der Waals surface area contributed by atoms with Crippen molar-refractivity contribution in [1.82, 2.24) is 4.90 Å². The molecule has 2 fully saturated rings. The minimum absolute atomic E-state index is 0.140. The molecule has 1 saturated heterocycles. The summed E-state index contributed by atoms with van der Waals surface area (Å²) in [5, 5.41) is 0. The van der Waals surface area contributed by atoms with Gasteiger partial charge in [0, 0.05) is 0 Å². The lowest BCUT2D eigenvalue weighted by atomic mass is 9.91. The Hall–Kier alpha value is -2.62. The minimum atomic E-state index is -0.534. The van der Waals surface area contributed by atoms with Crippen molar-refractivity contribution < 1.29 is 14.3 Å². The van der Waals surface area contributed by atoms with E-state index in [0.717, 1.165) is 17.5 Å². The molecule has 2 amide bonds. The molecule has 1 aliphatic heterocycles. The van der Waals surface area contributed by atoms with Gasteiger partial charge in [-0.25, -0.2) is 9.69 Å². The molecule has 3 unspecified atom stereocenters. The van der Waals surface area contributed by atoms with Gasteiger partial charge in [-0.1, -0.05) is 73.5 Å². The van der Waals surface area contributed by atoms with Gasteiger partial charge in [-0.3, -0.25) is 4.79 Å². The molecule has 2 aromatic rings. The highest BCUT2D eigenvalue weighted by Gasteiger charge is 2.46. The van der Waals surface area contributed by atoms with Crippen LogP contribution in [0.3, 0.4) is 0 Å². The van der Waals surface area contributed by atoms with Crippen LogP contribution < -0.4 is 0 Å². The zero-order valence-electron chi connectivity index (χ0n) is 14.9. The molecule has 4 nitrogen and oxygen atoms in total. The van der Waals surface area contributed by atoms with Gasteiger partial charge in [0.1, 0.15) is 6.10 Å². The van der Waals surface area contributed by atoms with E-state index in [0.29, 0.717) is 5.92 Å². The monoisotopic (exact) mass is 349 g/mol. The Bertz CT molecular complexity index is 786. The molecule has 134 valence electrons. The SMILES string of the molecule is CC1C(c2ccccc2)OC(=O)N1C(=O)C(CC1CC1)c1ccccc1. The second-order valence-electron chi connectivity index (χ2n) is 7.31. The van der Waals surface area contributed by atoms with Gasteiger partial charge in [-0.2, -0.15) is 0 Å². The number of hydrogen-bond acceptors (Lipinski definition) is 3. The first-order chi connectivity index (χ1) is 12.6. The Balaban J connectivity index is 1.60. The van der Waals surface area contributed by atoms with E-state index in [1.54, 1.807) is 0 Å². The fraction of sp³-hybridized carbons (Fsp3) is 0.364. The Kier molecular flexibility index (Phi) is 4.49. The summed E-state index contributed by atoms with van der Waals surface area (Å²) in [7, 11) is 0. The maximum Gasteiger partial charge on any atom is 0.417 e. The van der Waals surface area contributed by atoms with Crippen molar-refractivity contribution in [3.05, 3.63) is 71.8 Å². The predicted octanol–water partition coefficient (Wildman–Crippen LogP) is 4.68. The van der Waals surface area contributed by atoms with Crippen molar-refractivity contribution in [2.75, 3.05) is 0 Å². The van der Waals surface area contributed by atoms with Crippen LogP contribution in [0.15, 0.2) is 60.7 Å². The van der Waals surface area contributed by atoms with E-state index in [4.69, 9.17) is 4.74 Å². The molecule has 0 bridgehead atoms. The first-order valence-electron chi connectivity index (χ1n) is 9.28. The van der Waals surface area contributed by atoms with E-state index >= 15 is 0 Å². The molecule has 1 saturated carbocycles. The second-order valence-corrected chi connectivity index (χ2v) is 7.31. The van der Waals surface area contributed by atoms with E-state index in [1.807, 2.05) is 67.6 Å². The summed E-state index contributed by atoms with van der Waals surface area (Å²) in [6.45, 7) is 1.89. The van der Waals surface area contributed by atoms with Crippen LogP contribution in [0.4, 0.5) is 4.79 Å². The van der Waals surface area contributed by atoms with Crippen LogP contribution in [-0.2, 0) is 9.53 Å². The molecule has 0 N–H and O–H groups in total. The van der Waals surface area contributed by atoms with E-state index in [-0.39, 0.29) is 17.9 Å². The Morgan fingerprint density at radius 1 is 1.08 bits per heavy atom. The molecular weight excluding hydrogens is 326 g/mol. The van der Waals surface area contributed by atoms with Crippen LogP contribution in [0, 0.1) is 5.92 Å². The van der Waals surface area contributed by atoms with Crippen molar-refractivity contribution in [3.8, 4) is 0 Å². The molecule has 3 atom stereocenters. The molecule has 2 aliphatic rings. The molecule has 4 rings (SSSR count). The molecule has 0 radical (unpaired) electrons. The third-order valence-electron chi connectivity index (χ3n) is 5.40. The fourth-order valence-electron chi connectivity index (χ4n) is 3.77. The number of carbonyl (C=O) groups is 2. The molecule has 0 aromatic heterocycles. The average molecular weight is 349 g/mol. The summed E-state index contributed by atoms with van der Waals surface area (Å²) in [6, 6.07) is 19.1. The minimum Gasteiger partial charge on any atom is -0.439 e. The van der Waals surface area contributed by atoms with Crippen molar-refractivity contribution in [3.63, 3.8) is 0 Å². The summed E-state index contributed by atoms with van der Waals surface area (Å²) in [5.74, 6) is 0.162. The van der Waals surface area contributed by atoms with Gasteiger partial charge < -0.3 is 4.74 Å². The quantitative estimate of drug-likeness (QED) is 0.787. The normalized spacial score (nSPS) is 23.6. The van der Waals surface area contributed by atoms with Crippen LogP contribution in [0.25, 0.3) is 0 Å². The van der Waals surface area contributed by atoms with E-state index in [1.165, 1.54) is 17.7 Å². The van der Waals surface area contributed by atoms with Crippen LogP contribution in [0.5, 0.6) is 0 Å². The topological polar surface area (TPSA) is 46.6 Å². The van der Waals surface area contributed by atoms with Crippen molar-refractivity contribution in [2.24, 2.45) is 5.92 Å². The summed E-state index contributed by atoms with van der Waals surface area (Å²) in [6.07, 6.45) is 2.19. The van der Waals surface area contributed by atoms with E-state index in [2.05, 4.69) is 0 Å². The summed E-state index contributed by atoms with van der Waals surface area (Å²) in [4.78, 5) is 27.2. The van der Waals surface area contributed by atoms with E-state index < -0.39 is 12.2 Å². The number of carbonyl (C=O) groups excluding carboxylic acids is 2. The Morgan fingerprint density at radius 3 is 2.31 bits per heavy atom. The highest BCUT2D eigenvalue weighted by atomic mass is 16.6. The van der Waals surface area contributed by atoms with Gasteiger partial charge in [0.2, 0.25) is 5.91 Å². The van der Waals surface area contributed by atoms with Crippen LogP contribution in [-0.4, -0.2) is 22.9 Å². The van der Waals surface area contributed by atoms with Gasteiger partial charge in [0.15, 0.2) is 0 Å². The molecular formula is C22H23NO3. The molecule has 1 aliphatic carbocycles. The lowest BCUT2D eigenvalue weighted by molar-refractivity contribution is -0.131. The van der Waals surface area contributed by atoms with Gasteiger partial charge >= 0.3 is 6.09 Å². The molecule has 2 aromatic carbocycles. The van der Waals surface area contributed by atoms with Crippen molar-refractivity contribution in [1.29, 1.82) is 0 Å². The van der Waals surface area contributed by atoms with Crippen molar-refractivity contribution in [2.45, 2.75) is 44.2 Å². The fourth-order valence-corrected chi connectivity index (χ4v) is 3.77. The smallest absolute Gasteiger partial charge is 0.417 e. The summed E-state index contributed by atoms with van der Waals surface area (Å²) in [5.41, 5.74) is 1.90.